The molecule has 2 N–H and O–H groups in total. The minimum atomic E-state index is 0.255. The Morgan fingerprint density at radius 1 is 1.26 bits per heavy atom. The summed E-state index contributed by atoms with van der Waals surface area (Å²) in [6.07, 6.45) is 5.97. The Morgan fingerprint density at radius 3 is 2.61 bits per heavy atom. The molecule has 0 atom stereocenters. The molecule has 0 aromatic carbocycles. The molecule has 0 spiro atoms. The normalized spacial score (nSPS) is 17.5. The highest BCUT2D eigenvalue weighted by atomic mass is 32.1. The number of aromatic nitrogens is 3. The van der Waals surface area contributed by atoms with Crippen LogP contribution in [0.25, 0.3) is 10.8 Å². The van der Waals surface area contributed by atoms with Gasteiger partial charge in [0.2, 0.25) is 0 Å². The molecule has 6 heteroatoms. The van der Waals surface area contributed by atoms with E-state index < -0.39 is 0 Å². The van der Waals surface area contributed by atoms with Crippen molar-refractivity contribution in [3.63, 3.8) is 0 Å². The fourth-order valence-electron chi connectivity index (χ4n) is 3.16. The summed E-state index contributed by atoms with van der Waals surface area (Å²) in [4.78, 5) is 15.7. The second kappa shape index (κ2) is 7.03. The number of nitrogens with two attached hydrogens (primary N) is 1. The maximum Gasteiger partial charge on any atom is 0.188 e. The Balaban J connectivity index is 1.57. The summed E-state index contributed by atoms with van der Waals surface area (Å²) in [5, 5.41) is 3.03. The van der Waals surface area contributed by atoms with Crippen molar-refractivity contribution in [1.29, 1.82) is 0 Å². The average molecular weight is 331 g/mol. The summed E-state index contributed by atoms with van der Waals surface area (Å²) in [7, 11) is 0. The smallest absolute Gasteiger partial charge is 0.188 e. The topological polar surface area (TPSA) is 67.9 Å². The zero-order valence-corrected chi connectivity index (χ0v) is 14.7. The van der Waals surface area contributed by atoms with Crippen molar-refractivity contribution < 1.29 is 0 Å². The van der Waals surface area contributed by atoms with E-state index in [1.54, 1.807) is 23.7 Å². The Kier molecular flexibility index (Phi) is 5.04. The molecule has 0 saturated carbocycles. The van der Waals surface area contributed by atoms with E-state index >= 15 is 0 Å². The lowest BCUT2D eigenvalue weighted by atomic mass is 9.74. The molecule has 1 aliphatic rings. The standard InChI is InChI=1S/C17H25N5S/c1-17(2,12-18)13-4-8-22(9-5-13)10-14-11-23-16(21-14)15-19-6-3-7-20-15/h3,6-7,11,13H,4-5,8-10,12,18H2,1-2H3. The first-order valence-corrected chi connectivity index (χ1v) is 9.10. The lowest BCUT2D eigenvalue weighted by Crippen LogP contribution is -2.41. The Labute approximate surface area is 142 Å². The largest absolute Gasteiger partial charge is 0.330 e. The number of thiazole rings is 1. The molecule has 3 heterocycles. The van der Waals surface area contributed by atoms with E-state index in [4.69, 9.17) is 10.7 Å². The minimum Gasteiger partial charge on any atom is -0.330 e. The average Bonchev–Trinajstić information content (AvgIpc) is 3.05. The molecule has 5 nitrogen and oxygen atoms in total. The van der Waals surface area contributed by atoms with Gasteiger partial charge in [-0.1, -0.05) is 13.8 Å². The van der Waals surface area contributed by atoms with Crippen LogP contribution in [0.3, 0.4) is 0 Å². The highest BCUT2D eigenvalue weighted by Crippen LogP contribution is 2.34. The van der Waals surface area contributed by atoms with E-state index in [2.05, 4.69) is 34.1 Å². The molecule has 23 heavy (non-hydrogen) atoms. The molecule has 1 saturated heterocycles. The van der Waals surface area contributed by atoms with Crippen LogP contribution >= 0.6 is 11.3 Å². The first-order chi connectivity index (χ1) is 11.1. The summed E-state index contributed by atoms with van der Waals surface area (Å²) < 4.78 is 0. The van der Waals surface area contributed by atoms with Crippen LogP contribution in [0.4, 0.5) is 0 Å². The van der Waals surface area contributed by atoms with Crippen LogP contribution in [0.1, 0.15) is 32.4 Å². The summed E-state index contributed by atoms with van der Waals surface area (Å²) in [6.45, 7) is 8.52. The van der Waals surface area contributed by atoms with Gasteiger partial charge in [0.25, 0.3) is 0 Å². The Morgan fingerprint density at radius 2 is 1.96 bits per heavy atom. The van der Waals surface area contributed by atoms with Crippen molar-refractivity contribution in [1.82, 2.24) is 19.9 Å². The van der Waals surface area contributed by atoms with Crippen LogP contribution in [0.5, 0.6) is 0 Å². The third-order valence-corrected chi connectivity index (χ3v) is 5.80. The number of nitrogens with zero attached hydrogens (tertiary/aromatic N) is 4. The number of piperidine rings is 1. The minimum absolute atomic E-state index is 0.255. The monoisotopic (exact) mass is 331 g/mol. The predicted octanol–water partition coefficient (Wildman–Crippen LogP) is 2.80. The van der Waals surface area contributed by atoms with Crippen LogP contribution in [-0.4, -0.2) is 39.5 Å². The molecule has 2 aromatic heterocycles. The zero-order valence-electron chi connectivity index (χ0n) is 13.9. The molecule has 0 amide bonds. The van der Waals surface area contributed by atoms with Gasteiger partial charge in [-0.05, 0) is 49.9 Å². The second-order valence-electron chi connectivity index (χ2n) is 6.96. The molecule has 1 fully saturated rings. The van der Waals surface area contributed by atoms with E-state index in [1.165, 1.54) is 12.8 Å². The summed E-state index contributed by atoms with van der Waals surface area (Å²) in [6, 6.07) is 1.82. The van der Waals surface area contributed by atoms with Crippen LogP contribution in [-0.2, 0) is 6.54 Å². The SMILES string of the molecule is CC(C)(CN)C1CCN(Cc2csc(-c3ncccn3)n2)CC1. The van der Waals surface area contributed by atoms with Crippen molar-refractivity contribution in [2.45, 2.75) is 33.2 Å². The molecular weight excluding hydrogens is 306 g/mol. The lowest BCUT2D eigenvalue weighted by Gasteiger charge is -2.40. The Bertz CT molecular complexity index is 617. The lowest BCUT2D eigenvalue weighted by molar-refractivity contribution is 0.101. The van der Waals surface area contributed by atoms with E-state index in [9.17, 15) is 0 Å². The van der Waals surface area contributed by atoms with E-state index in [0.717, 1.165) is 42.8 Å². The summed E-state index contributed by atoms with van der Waals surface area (Å²) in [5.74, 6) is 1.44. The van der Waals surface area contributed by atoms with E-state index in [0.29, 0.717) is 5.82 Å². The number of hydrogen-bond donors (Lipinski definition) is 1. The predicted molar refractivity (Wildman–Crippen MR) is 94.0 cm³/mol. The van der Waals surface area contributed by atoms with Gasteiger partial charge in [-0.25, -0.2) is 15.0 Å². The molecule has 1 aliphatic heterocycles. The van der Waals surface area contributed by atoms with Gasteiger partial charge in [-0.2, -0.15) is 0 Å². The van der Waals surface area contributed by atoms with Gasteiger partial charge in [0, 0.05) is 24.3 Å². The van der Waals surface area contributed by atoms with Crippen LogP contribution in [0, 0.1) is 11.3 Å². The molecule has 2 aromatic rings. The molecule has 124 valence electrons. The van der Waals surface area contributed by atoms with Crippen molar-refractivity contribution in [3.8, 4) is 10.8 Å². The van der Waals surface area contributed by atoms with Crippen LogP contribution in [0.15, 0.2) is 23.8 Å². The maximum atomic E-state index is 5.92. The van der Waals surface area contributed by atoms with E-state index in [1.807, 2.05) is 6.07 Å². The number of likely N-dealkylation sites (tertiary alicyclic amines) is 1. The molecule has 0 radical (unpaired) electrons. The molecule has 0 unspecified atom stereocenters. The molecule has 0 bridgehead atoms. The summed E-state index contributed by atoms with van der Waals surface area (Å²) >= 11 is 1.62. The van der Waals surface area contributed by atoms with Gasteiger partial charge in [-0.15, -0.1) is 11.3 Å². The van der Waals surface area contributed by atoms with Crippen LogP contribution < -0.4 is 5.73 Å². The van der Waals surface area contributed by atoms with Crippen molar-refractivity contribution in [2.24, 2.45) is 17.1 Å². The van der Waals surface area contributed by atoms with Gasteiger partial charge >= 0.3 is 0 Å². The number of hydrogen-bond acceptors (Lipinski definition) is 6. The van der Waals surface area contributed by atoms with Gasteiger partial charge in [0.15, 0.2) is 10.8 Å². The second-order valence-corrected chi connectivity index (χ2v) is 7.82. The highest BCUT2D eigenvalue weighted by molar-refractivity contribution is 7.13. The molecule has 0 aliphatic carbocycles. The van der Waals surface area contributed by atoms with Gasteiger partial charge in [0.05, 0.1) is 5.69 Å². The fraction of sp³-hybridized carbons (Fsp3) is 0.588. The van der Waals surface area contributed by atoms with Gasteiger partial charge in [-0.3, -0.25) is 4.90 Å². The molecule has 3 rings (SSSR count). The van der Waals surface area contributed by atoms with Gasteiger partial charge in [0.1, 0.15) is 0 Å². The van der Waals surface area contributed by atoms with Crippen molar-refractivity contribution >= 4 is 11.3 Å². The highest BCUT2D eigenvalue weighted by Gasteiger charge is 2.31. The molecular formula is C17H25N5S. The maximum absolute atomic E-state index is 5.92. The van der Waals surface area contributed by atoms with Gasteiger partial charge < -0.3 is 5.73 Å². The zero-order chi connectivity index (χ0) is 16.3. The van der Waals surface area contributed by atoms with Crippen molar-refractivity contribution in [3.05, 3.63) is 29.5 Å². The van der Waals surface area contributed by atoms with Crippen LogP contribution in [0.2, 0.25) is 0 Å². The third-order valence-electron chi connectivity index (χ3n) is 4.91. The third kappa shape index (κ3) is 3.94. The quantitative estimate of drug-likeness (QED) is 0.912. The fourth-order valence-corrected chi connectivity index (χ4v) is 3.92. The first kappa shape index (κ1) is 16.5. The summed E-state index contributed by atoms with van der Waals surface area (Å²) in [5.41, 5.74) is 7.29. The number of rotatable bonds is 5. The first-order valence-electron chi connectivity index (χ1n) is 8.23. The van der Waals surface area contributed by atoms with Crippen molar-refractivity contribution in [2.75, 3.05) is 19.6 Å². The Hall–Kier alpha value is -1.37. The van der Waals surface area contributed by atoms with E-state index in [-0.39, 0.29) is 5.41 Å².